The molecule has 2 aromatic carbocycles. The van der Waals surface area contributed by atoms with Gasteiger partial charge in [-0.2, -0.15) is 0 Å². The molecule has 2 aromatic rings. The van der Waals surface area contributed by atoms with Gasteiger partial charge < -0.3 is 20.5 Å². The molecule has 0 amide bonds. The molecule has 2 aliphatic rings. The highest BCUT2D eigenvalue weighted by molar-refractivity contribution is 5.89. The molecule has 5 nitrogen and oxygen atoms in total. The summed E-state index contributed by atoms with van der Waals surface area (Å²) in [5.74, 6) is 0.459. The lowest BCUT2D eigenvalue weighted by atomic mass is 9.82. The van der Waals surface area contributed by atoms with Gasteiger partial charge in [0.25, 0.3) is 0 Å². The number of phenolic OH excluding ortho intramolecular Hbond substituents is 1. The Morgan fingerprint density at radius 2 is 2.00 bits per heavy atom. The largest absolute Gasteiger partial charge is 0.504 e. The van der Waals surface area contributed by atoms with E-state index in [1.54, 1.807) is 6.07 Å². The molecule has 26 heavy (non-hydrogen) atoms. The van der Waals surface area contributed by atoms with Crippen LogP contribution in [0.1, 0.15) is 31.4 Å². The van der Waals surface area contributed by atoms with Gasteiger partial charge in [0.2, 0.25) is 0 Å². The number of hydrogen-bond donors (Lipinski definition) is 3. The van der Waals surface area contributed by atoms with E-state index in [1.807, 2.05) is 43.3 Å². The highest BCUT2D eigenvalue weighted by Crippen LogP contribution is 2.43. The lowest BCUT2D eigenvalue weighted by Crippen LogP contribution is -2.31. The maximum absolute atomic E-state index is 12.8. The van der Waals surface area contributed by atoms with Crippen molar-refractivity contribution in [2.75, 3.05) is 17.2 Å². The number of benzene rings is 2. The van der Waals surface area contributed by atoms with Crippen molar-refractivity contribution in [1.29, 1.82) is 0 Å². The van der Waals surface area contributed by atoms with Gasteiger partial charge in [-0.05, 0) is 43.2 Å². The number of aromatic hydroxyl groups is 1. The van der Waals surface area contributed by atoms with Gasteiger partial charge in [0, 0.05) is 12.1 Å². The van der Waals surface area contributed by atoms with Crippen LogP contribution in [0.15, 0.2) is 54.2 Å². The minimum absolute atomic E-state index is 0.105. The number of phenols is 1. The molecule has 0 aromatic heterocycles. The summed E-state index contributed by atoms with van der Waals surface area (Å²) in [6, 6.07) is 13.0. The second-order valence-corrected chi connectivity index (χ2v) is 6.59. The van der Waals surface area contributed by atoms with Crippen LogP contribution in [0, 0.1) is 5.92 Å². The van der Waals surface area contributed by atoms with Crippen molar-refractivity contribution in [3.63, 3.8) is 0 Å². The number of Topliss-reactive ketones (excluding diaryl/α,β-unsaturated/α-hetero) is 1. The molecule has 3 N–H and O–H groups in total. The summed E-state index contributed by atoms with van der Waals surface area (Å²) in [6.07, 6.45) is 3.42. The normalized spacial score (nSPS) is 21.4. The lowest BCUT2D eigenvalue weighted by Gasteiger charge is -2.29. The maximum atomic E-state index is 12.8. The minimum Gasteiger partial charge on any atom is -0.504 e. The summed E-state index contributed by atoms with van der Waals surface area (Å²) in [5, 5.41) is 17.0. The summed E-state index contributed by atoms with van der Waals surface area (Å²) < 4.78 is 5.54. The number of allylic oxidation sites excluding steroid dienone is 1. The first-order valence-electron chi connectivity index (χ1n) is 8.98. The number of ketones is 1. The number of nitrogens with one attached hydrogen (secondary N) is 2. The molecule has 0 unspecified atom stereocenters. The quantitative estimate of drug-likeness (QED) is 0.773. The first-order chi connectivity index (χ1) is 12.7. The number of carbonyl (C=O) groups is 1. The number of carbonyl (C=O) groups excluding carboxylic acids is 1. The third kappa shape index (κ3) is 2.90. The fourth-order valence-electron chi connectivity index (χ4n) is 3.72. The van der Waals surface area contributed by atoms with Crippen molar-refractivity contribution in [1.82, 2.24) is 0 Å². The summed E-state index contributed by atoms with van der Waals surface area (Å²) in [5.41, 5.74) is 3.77. The summed E-state index contributed by atoms with van der Waals surface area (Å²) >= 11 is 0. The highest BCUT2D eigenvalue weighted by Gasteiger charge is 2.37. The zero-order chi connectivity index (χ0) is 18.1. The molecule has 0 radical (unpaired) electrons. The zero-order valence-electron chi connectivity index (χ0n) is 14.7. The van der Waals surface area contributed by atoms with E-state index in [0.717, 1.165) is 29.1 Å². The highest BCUT2D eigenvalue weighted by atomic mass is 16.5. The predicted octanol–water partition coefficient (Wildman–Crippen LogP) is 4.23. The van der Waals surface area contributed by atoms with E-state index in [9.17, 15) is 9.90 Å². The summed E-state index contributed by atoms with van der Waals surface area (Å²) in [6.45, 7) is 2.34. The number of hydrogen-bond acceptors (Lipinski definition) is 5. The van der Waals surface area contributed by atoms with Crippen LogP contribution in [0.5, 0.6) is 11.5 Å². The SMILES string of the molecule is CCOc1cc([C@@H]2Nc3ccccc3NC3=CCCC(=O)[C@@H]32)ccc1O. The molecule has 1 aliphatic heterocycles. The van der Waals surface area contributed by atoms with Crippen LogP contribution in [0.2, 0.25) is 0 Å². The molecule has 2 atom stereocenters. The van der Waals surface area contributed by atoms with Crippen molar-refractivity contribution < 1.29 is 14.6 Å². The van der Waals surface area contributed by atoms with Gasteiger partial charge in [-0.3, -0.25) is 4.79 Å². The Morgan fingerprint density at radius 3 is 2.81 bits per heavy atom. The van der Waals surface area contributed by atoms with Crippen molar-refractivity contribution in [2.45, 2.75) is 25.8 Å². The summed E-state index contributed by atoms with van der Waals surface area (Å²) in [4.78, 5) is 12.8. The van der Waals surface area contributed by atoms with Crippen LogP contribution in [0.25, 0.3) is 0 Å². The van der Waals surface area contributed by atoms with E-state index in [-0.39, 0.29) is 23.5 Å². The topological polar surface area (TPSA) is 70.6 Å². The standard InChI is InChI=1S/C21H22N2O3/c1-2-26-19-12-13(10-11-17(19)24)21-20-16(8-5-9-18(20)25)22-14-6-3-4-7-15(14)23-21/h3-4,6-8,10-12,20-24H,2,5,9H2,1H3/t20-,21+/m1/s1. The van der Waals surface area contributed by atoms with E-state index in [4.69, 9.17) is 4.74 Å². The monoisotopic (exact) mass is 350 g/mol. The molecular formula is C21H22N2O3. The van der Waals surface area contributed by atoms with E-state index in [2.05, 4.69) is 16.7 Å². The number of para-hydroxylation sites is 2. The van der Waals surface area contributed by atoms with E-state index < -0.39 is 0 Å². The van der Waals surface area contributed by atoms with Crippen LogP contribution in [0.3, 0.4) is 0 Å². The van der Waals surface area contributed by atoms with Crippen molar-refractivity contribution in [3.05, 3.63) is 59.8 Å². The van der Waals surface area contributed by atoms with E-state index >= 15 is 0 Å². The molecule has 1 heterocycles. The number of rotatable bonds is 3. The molecule has 1 aliphatic carbocycles. The third-order valence-electron chi connectivity index (χ3n) is 4.93. The predicted molar refractivity (Wildman–Crippen MR) is 102 cm³/mol. The number of ether oxygens (including phenoxy) is 1. The van der Waals surface area contributed by atoms with Crippen molar-refractivity contribution in [3.8, 4) is 11.5 Å². The average molecular weight is 350 g/mol. The first kappa shape index (κ1) is 16.5. The fraction of sp³-hybridized carbons (Fsp3) is 0.286. The van der Waals surface area contributed by atoms with Gasteiger partial charge in [0.05, 0.1) is 29.9 Å². The molecule has 0 fully saturated rings. The number of fused-ring (bicyclic) bond motifs is 2. The van der Waals surface area contributed by atoms with Crippen LogP contribution in [0.4, 0.5) is 11.4 Å². The molecule has 0 saturated heterocycles. The Balaban J connectivity index is 1.82. The maximum Gasteiger partial charge on any atom is 0.161 e. The molecular weight excluding hydrogens is 328 g/mol. The second-order valence-electron chi connectivity index (χ2n) is 6.59. The van der Waals surface area contributed by atoms with Crippen molar-refractivity contribution in [2.24, 2.45) is 5.92 Å². The van der Waals surface area contributed by atoms with E-state index in [0.29, 0.717) is 18.8 Å². The van der Waals surface area contributed by atoms with Crippen LogP contribution in [-0.4, -0.2) is 17.5 Å². The number of anilines is 2. The Hall–Kier alpha value is -2.95. The van der Waals surface area contributed by atoms with Gasteiger partial charge in [-0.25, -0.2) is 0 Å². The molecule has 0 spiro atoms. The van der Waals surface area contributed by atoms with Gasteiger partial charge in [-0.1, -0.05) is 24.3 Å². The molecule has 0 saturated carbocycles. The minimum atomic E-state index is -0.296. The fourth-order valence-corrected chi connectivity index (χ4v) is 3.72. The Kier molecular flexibility index (Phi) is 4.29. The Bertz CT molecular complexity index is 875. The van der Waals surface area contributed by atoms with Gasteiger partial charge in [0.15, 0.2) is 11.5 Å². The average Bonchev–Trinajstić information content (AvgIpc) is 2.81. The van der Waals surface area contributed by atoms with Crippen LogP contribution in [-0.2, 0) is 4.79 Å². The summed E-state index contributed by atoms with van der Waals surface area (Å²) in [7, 11) is 0. The molecule has 134 valence electrons. The second kappa shape index (κ2) is 6.75. The first-order valence-corrected chi connectivity index (χ1v) is 8.98. The van der Waals surface area contributed by atoms with Gasteiger partial charge >= 0.3 is 0 Å². The lowest BCUT2D eigenvalue weighted by molar-refractivity contribution is -0.122. The molecule has 5 heteroatoms. The van der Waals surface area contributed by atoms with Gasteiger partial charge in [-0.15, -0.1) is 0 Å². The van der Waals surface area contributed by atoms with Crippen LogP contribution >= 0.6 is 0 Å². The third-order valence-corrected chi connectivity index (χ3v) is 4.93. The zero-order valence-corrected chi connectivity index (χ0v) is 14.7. The van der Waals surface area contributed by atoms with Gasteiger partial charge in [0.1, 0.15) is 5.78 Å². The smallest absolute Gasteiger partial charge is 0.161 e. The van der Waals surface area contributed by atoms with Crippen molar-refractivity contribution >= 4 is 17.2 Å². The Morgan fingerprint density at radius 1 is 1.19 bits per heavy atom. The van der Waals surface area contributed by atoms with E-state index in [1.165, 1.54) is 0 Å². The molecule has 4 rings (SSSR count). The Labute approximate surface area is 152 Å². The van der Waals surface area contributed by atoms with Crippen LogP contribution < -0.4 is 15.4 Å². The molecule has 0 bridgehead atoms.